The van der Waals surface area contributed by atoms with Gasteiger partial charge in [-0.25, -0.2) is 0 Å². The molecule has 1 aliphatic heterocycles. The minimum atomic E-state index is -0.268. The van der Waals surface area contributed by atoms with Gasteiger partial charge in [0.1, 0.15) is 0 Å². The fraction of sp³-hybridized carbons (Fsp3) is 0.929. The van der Waals surface area contributed by atoms with Crippen LogP contribution in [-0.4, -0.2) is 18.9 Å². The molecule has 2 rings (SSSR count). The van der Waals surface area contributed by atoms with Gasteiger partial charge < -0.3 is 9.47 Å². The van der Waals surface area contributed by atoms with E-state index in [1.807, 2.05) is 0 Å². The highest BCUT2D eigenvalue weighted by atomic mass is 16.7. The monoisotopic (exact) mass is 240 g/mol. The van der Waals surface area contributed by atoms with Gasteiger partial charge in [-0.3, -0.25) is 4.79 Å². The standard InChI is InChI=1S/C14H24O3/c1-2-11-7-3-4-8-12(11)14(15)17-13-9-5-6-10-16-13/h11-13H,2-10H2,1H3/t11-,12?,13?/m0/s1. The van der Waals surface area contributed by atoms with Crippen molar-refractivity contribution in [2.24, 2.45) is 11.8 Å². The van der Waals surface area contributed by atoms with E-state index in [4.69, 9.17) is 9.47 Å². The van der Waals surface area contributed by atoms with E-state index in [2.05, 4.69) is 6.92 Å². The van der Waals surface area contributed by atoms with Gasteiger partial charge in [0.05, 0.1) is 12.5 Å². The van der Waals surface area contributed by atoms with Crippen LogP contribution in [0.5, 0.6) is 0 Å². The average molecular weight is 240 g/mol. The van der Waals surface area contributed by atoms with Crippen LogP contribution in [0.1, 0.15) is 58.3 Å². The molecule has 0 spiro atoms. The maximum atomic E-state index is 12.1. The lowest BCUT2D eigenvalue weighted by Crippen LogP contribution is -2.33. The smallest absolute Gasteiger partial charge is 0.311 e. The fourth-order valence-corrected chi connectivity index (χ4v) is 3.03. The molecule has 0 radical (unpaired) electrons. The summed E-state index contributed by atoms with van der Waals surface area (Å²) in [5.41, 5.74) is 0. The number of hydrogen-bond donors (Lipinski definition) is 0. The Hall–Kier alpha value is -0.570. The van der Waals surface area contributed by atoms with E-state index < -0.39 is 0 Å². The predicted molar refractivity (Wildman–Crippen MR) is 65.4 cm³/mol. The molecule has 2 fully saturated rings. The van der Waals surface area contributed by atoms with Crippen LogP contribution in [0.15, 0.2) is 0 Å². The third kappa shape index (κ3) is 3.44. The van der Waals surface area contributed by atoms with Crippen molar-refractivity contribution in [3.63, 3.8) is 0 Å². The Morgan fingerprint density at radius 3 is 2.65 bits per heavy atom. The molecule has 3 nitrogen and oxygen atoms in total. The van der Waals surface area contributed by atoms with Crippen LogP contribution in [0.2, 0.25) is 0 Å². The average Bonchev–Trinajstić information content (AvgIpc) is 2.40. The minimum Gasteiger partial charge on any atom is -0.436 e. The summed E-state index contributed by atoms with van der Waals surface area (Å²) in [4.78, 5) is 12.1. The second-order valence-electron chi connectivity index (χ2n) is 5.29. The van der Waals surface area contributed by atoms with Gasteiger partial charge in [-0.1, -0.05) is 26.2 Å². The highest BCUT2D eigenvalue weighted by Gasteiger charge is 2.32. The maximum Gasteiger partial charge on any atom is 0.311 e. The molecule has 1 aliphatic carbocycles. The highest BCUT2D eigenvalue weighted by Crippen LogP contribution is 2.33. The van der Waals surface area contributed by atoms with Crippen molar-refractivity contribution in [2.75, 3.05) is 6.61 Å². The van der Waals surface area contributed by atoms with Crippen molar-refractivity contribution >= 4 is 5.97 Å². The summed E-state index contributed by atoms with van der Waals surface area (Å²) in [5, 5.41) is 0. The minimum absolute atomic E-state index is 0.0107. The predicted octanol–water partition coefficient (Wildman–Crippen LogP) is 3.27. The van der Waals surface area contributed by atoms with E-state index in [1.165, 1.54) is 19.3 Å². The molecule has 2 unspecified atom stereocenters. The largest absolute Gasteiger partial charge is 0.436 e. The van der Waals surface area contributed by atoms with Crippen LogP contribution in [0.4, 0.5) is 0 Å². The molecule has 0 aromatic heterocycles. The van der Waals surface area contributed by atoms with Gasteiger partial charge in [0.15, 0.2) is 0 Å². The Morgan fingerprint density at radius 2 is 1.94 bits per heavy atom. The molecule has 1 saturated carbocycles. The van der Waals surface area contributed by atoms with Crippen molar-refractivity contribution in [2.45, 2.75) is 64.6 Å². The summed E-state index contributed by atoms with van der Waals surface area (Å²) in [5.74, 6) is 0.641. The molecule has 0 aromatic rings. The molecular weight excluding hydrogens is 216 g/mol. The van der Waals surface area contributed by atoms with Gasteiger partial charge in [-0.15, -0.1) is 0 Å². The van der Waals surface area contributed by atoms with E-state index in [9.17, 15) is 4.79 Å². The molecule has 17 heavy (non-hydrogen) atoms. The summed E-state index contributed by atoms with van der Waals surface area (Å²) in [6.07, 6.45) is 8.52. The van der Waals surface area contributed by atoms with Crippen molar-refractivity contribution in [1.82, 2.24) is 0 Å². The zero-order valence-electron chi connectivity index (χ0n) is 10.8. The molecule has 2 aliphatic rings. The normalized spacial score (nSPS) is 34.3. The zero-order chi connectivity index (χ0) is 12.1. The Balaban J connectivity index is 1.84. The van der Waals surface area contributed by atoms with E-state index in [-0.39, 0.29) is 18.2 Å². The first-order valence-corrected chi connectivity index (χ1v) is 7.13. The summed E-state index contributed by atoms with van der Waals surface area (Å²) < 4.78 is 11.0. The molecule has 3 heteroatoms. The Bertz CT molecular complexity index is 246. The summed E-state index contributed by atoms with van der Waals surface area (Å²) in [6, 6.07) is 0. The third-order valence-electron chi connectivity index (χ3n) is 4.12. The lowest BCUT2D eigenvalue weighted by atomic mass is 9.78. The number of carbonyl (C=O) groups is 1. The van der Waals surface area contributed by atoms with Gasteiger partial charge in [0.2, 0.25) is 6.29 Å². The van der Waals surface area contributed by atoms with Gasteiger partial charge in [0, 0.05) is 6.42 Å². The van der Waals surface area contributed by atoms with Crippen molar-refractivity contribution in [3.8, 4) is 0 Å². The second-order valence-corrected chi connectivity index (χ2v) is 5.29. The van der Waals surface area contributed by atoms with E-state index in [0.717, 1.165) is 38.7 Å². The topological polar surface area (TPSA) is 35.5 Å². The number of esters is 1. The molecule has 98 valence electrons. The number of ether oxygens (including phenoxy) is 2. The second kappa shape index (κ2) is 6.39. The lowest BCUT2D eigenvalue weighted by Gasteiger charge is -2.31. The fourth-order valence-electron chi connectivity index (χ4n) is 3.03. The molecule has 0 N–H and O–H groups in total. The quantitative estimate of drug-likeness (QED) is 0.710. The first kappa shape index (κ1) is 12.9. The zero-order valence-corrected chi connectivity index (χ0v) is 10.8. The van der Waals surface area contributed by atoms with Gasteiger partial charge in [-0.2, -0.15) is 0 Å². The van der Waals surface area contributed by atoms with E-state index in [0.29, 0.717) is 5.92 Å². The molecule has 0 aromatic carbocycles. The molecular formula is C14H24O3. The first-order valence-electron chi connectivity index (χ1n) is 7.13. The van der Waals surface area contributed by atoms with Gasteiger partial charge >= 0.3 is 5.97 Å². The molecule has 0 bridgehead atoms. The van der Waals surface area contributed by atoms with Crippen LogP contribution >= 0.6 is 0 Å². The summed E-state index contributed by atoms with van der Waals surface area (Å²) >= 11 is 0. The first-order chi connectivity index (χ1) is 8.31. The van der Waals surface area contributed by atoms with Crippen LogP contribution in [0.3, 0.4) is 0 Å². The number of rotatable bonds is 3. The van der Waals surface area contributed by atoms with Crippen molar-refractivity contribution < 1.29 is 14.3 Å². The Kier molecular flexibility index (Phi) is 4.84. The molecule has 1 saturated heterocycles. The van der Waals surface area contributed by atoms with Gasteiger partial charge in [-0.05, 0) is 31.6 Å². The summed E-state index contributed by atoms with van der Waals surface area (Å²) in [6.45, 7) is 2.91. The maximum absolute atomic E-state index is 12.1. The molecule has 3 atom stereocenters. The number of carbonyl (C=O) groups excluding carboxylic acids is 1. The van der Waals surface area contributed by atoms with Crippen LogP contribution < -0.4 is 0 Å². The van der Waals surface area contributed by atoms with Crippen LogP contribution in [-0.2, 0) is 14.3 Å². The Labute approximate surface area is 104 Å². The molecule has 0 amide bonds. The van der Waals surface area contributed by atoms with Gasteiger partial charge in [0.25, 0.3) is 0 Å². The van der Waals surface area contributed by atoms with E-state index >= 15 is 0 Å². The highest BCUT2D eigenvalue weighted by molar-refractivity contribution is 5.73. The summed E-state index contributed by atoms with van der Waals surface area (Å²) in [7, 11) is 0. The molecule has 1 heterocycles. The lowest BCUT2D eigenvalue weighted by molar-refractivity contribution is -0.193. The SMILES string of the molecule is CC[C@H]1CCCCC1C(=O)OC1CCCCO1. The number of hydrogen-bond acceptors (Lipinski definition) is 3. The van der Waals surface area contributed by atoms with Crippen molar-refractivity contribution in [1.29, 1.82) is 0 Å². The van der Waals surface area contributed by atoms with E-state index in [1.54, 1.807) is 0 Å². The Morgan fingerprint density at radius 1 is 1.18 bits per heavy atom. The van der Waals surface area contributed by atoms with Crippen molar-refractivity contribution in [3.05, 3.63) is 0 Å². The van der Waals surface area contributed by atoms with Crippen LogP contribution in [0.25, 0.3) is 0 Å². The van der Waals surface area contributed by atoms with Crippen LogP contribution in [0, 0.1) is 11.8 Å². The third-order valence-corrected chi connectivity index (χ3v) is 4.12.